The second-order valence-corrected chi connectivity index (χ2v) is 4.89. The third-order valence-electron chi connectivity index (χ3n) is 2.20. The lowest BCUT2D eigenvalue weighted by molar-refractivity contribution is 0.565. The molecule has 0 aromatic heterocycles. The molecule has 0 heterocycles. The Labute approximate surface area is 112 Å². The van der Waals surface area contributed by atoms with Crippen molar-refractivity contribution >= 4 is 23.4 Å². The Morgan fingerprint density at radius 1 is 1.11 bits per heavy atom. The first kappa shape index (κ1) is 12.9. The molecule has 0 aliphatic carbocycles. The maximum atomic E-state index is 13.5. The molecule has 2 aromatic carbocycles. The maximum Gasteiger partial charge on any atom is 0.140 e. The molecule has 0 radical (unpaired) electrons. The van der Waals surface area contributed by atoms with Gasteiger partial charge in [0.05, 0.1) is 10.6 Å². The van der Waals surface area contributed by atoms with Crippen LogP contribution in [-0.4, -0.2) is 0 Å². The number of halogens is 3. The Hall–Kier alpha value is -1.57. The van der Waals surface area contributed by atoms with E-state index in [1.54, 1.807) is 18.2 Å². The average Bonchev–Trinajstić information content (AvgIpc) is 2.33. The third kappa shape index (κ3) is 2.63. The van der Waals surface area contributed by atoms with Crippen LogP contribution in [0.1, 0.15) is 5.56 Å². The van der Waals surface area contributed by atoms with Crippen molar-refractivity contribution in [3.8, 4) is 6.07 Å². The second kappa shape index (κ2) is 5.38. The number of rotatable bonds is 2. The number of hydrogen-bond acceptors (Lipinski definition) is 2. The zero-order valence-electron chi connectivity index (χ0n) is 8.95. The summed E-state index contributed by atoms with van der Waals surface area (Å²) in [7, 11) is 0. The first-order valence-corrected chi connectivity index (χ1v) is 6.13. The van der Waals surface area contributed by atoms with Gasteiger partial charge in [0.15, 0.2) is 0 Å². The molecule has 1 nitrogen and oxygen atoms in total. The lowest BCUT2D eigenvalue weighted by atomic mass is 10.2. The molecular weight excluding hydrogens is 276 g/mol. The lowest BCUT2D eigenvalue weighted by Crippen LogP contribution is -1.86. The SMILES string of the molecule is N#Cc1c(Cl)cccc1Sc1ccc(F)cc1F. The average molecular weight is 282 g/mol. The molecular formula is C13H6ClF2NS. The number of hydrogen-bond donors (Lipinski definition) is 0. The summed E-state index contributed by atoms with van der Waals surface area (Å²) in [5.41, 5.74) is 0.285. The van der Waals surface area contributed by atoms with E-state index in [0.717, 1.165) is 17.8 Å². The molecule has 0 fully saturated rings. The second-order valence-electron chi connectivity index (χ2n) is 3.40. The highest BCUT2D eigenvalue weighted by Gasteiger charge is 2.11. The van der Waals surface area contributed by atoms with Gasteiger partial charge in [-0.2, -0.15) is 5.26 Å². The fourth-order valence-corrected chi connectivity index (χ4v) is 2.58. The zero-order valence-corrected chi connectivity index (χ0v) is 10.5. The summed E-state index contributed by atoms with van der Waals surface area (Å²) in [5.74, 6) is -1.30. The molecule has 90 valence electrons. The Morgan fingerprint density at radius 2 is 1.89 bits per heavy atom. The van der Waals surface area contributed by atoms with Gasteiger partial charge in [-0.1, -0.05) is 29.4 Å². The molecule has 2 rings (SSSR count). The van der Waals surface area contributed by atoms with Crippen LogP contribution in [0.2, 0.25) is 5.02 Å². The van der Waals surface area contributed by atoms with Crippen LogP contribution in [0.4, 0.5) is 8.78 Å². The van der Waals surface area contributed by atoms with Gasteiger partial charge in [0.25, 0.3) is 0 Å². The van der Waals surface area contributed by atoms with Crippen LogP contribution >= 0.6 is 23.4 Å². The van der Waals surface area contributed by atoms with Gasteiger partial charge in [-0.25, -0.2) is 8.78 Å². The molecule has 0 aliphatic heterocycles. The van der Waals surface area contributed by atoms with Crippen LogP contribution in [0.3, 0.4) is 0 Å². The van der Waals surface area contributed by atoms with Crippen molar-refractivity contribution < 1.29 is 8.78 Å². The topological polar surface area (TPSA) is 23.8 Å². The van der Waals surface area contributed by atoms with E-state index in [2.05, 4.69) is 0 Å². The van der Waals surface area contributed by atoms with E-state index >= 15 is 0 Å². The molecule has 5 heteroatoms. The molecule has 0 N–H and O–H groups in total. The van der Waals surface area contributed by atoms with Crippen LogP contribution in [0.5, 0.6) is 0 Å². The fourth-order valence-electron chi connectivity index (χ4n) is 1.37. The largest absolute Gasteiger partial charge is 0.207 e. The number of nitrogens with zero attached hydrogens (tertiary/aromatic N) is 1. The van der Waals surface area contributed by atoms with Crippen molar-refractivity contribution in [3.05, 3.63) is 58.6 Å². The van der Waals surface area contributed by atoms with Gasteiger partial charge in [-0.3, -0.25) is 0 Å². The van der Waals surface area contributed by atoms with Crippen molar-refractivity contribution in [2.45, 2.75) is 9.79 Å². The molecule has 0 unspecified atom stereocenters. The first-order valence-electron chi connectivity index (χ1n) is 4.93. The quantitative estimate of drug-likeness (QED) is 0.800. The van der Waals surface area contributed by atoms with Crippen molar-refractivity contribution in [3.63, 3.8) is 0 Å². The minimum absolute atomic E-state index is 0.246. The summed E-state index contributed by atoms with van der Waals surface area (Å²) in [6, 6.07) is 10.2. The smallest absolute Gasteiger partial charge is 0.140 e. The van der Waals surface area contributed by atoms with E-state index < -0.39 is 11.6 Å². The van der Waals surface area contributed by atoms with Gasteiger partial charge in [0, 0.05) is 15.9 Å². The molecule has 0 aliphatic rings. The van der Waals surface area contributed by atoms with Crippen LogP contribution < -0.4 is 0 Å². The van der Waals surface area contributed by atoms with Crippen LogP contribution in [0.15, 0.2) is 46.2 Å². The normalized spacial score (nSPS) is 10.1. The molecule has 0 amide bonds. The highest BCUT2D eigenvalue weighted by atomic mass is 35.5. The van der Waals surface area contributed by atoms with Gasteiger partial charge in [-0.05, 0) is 24.3 Å². The monoisotopic (exact) mass is 281 g/mol. The van der Waals surface area contributed by atoms with E-state index in [-0.39, 0.29) is 10.5 Å². The molecule has 18 heavy (non-hydrogen) atoms. The van der Waals surface area contributed by atoms with Crippen LogP contribution in [0.25, 0.3) is 0 Å². The van der Waals surface area contributed by atoms with Crippen molar-refractivity contribution in [2.24, 2.45) is 0 Å². The molecule has 0 atom stereocenters. The summed E-state index contributed by atoms with van der Waals surface area (Å²) in [6.45, 7) is 0. The molecule has 0 bridgehead atoms. The fraction of sp³-hybridized carbons (Fsp3) is 0. The molecule has 0 spiro atoms. The Kier molecular flexibility index (Phi) is 3.85. The minimum Gasteiger partial charge on any atom is -0.207 e. The predicted octanol–water partition coefficient (Wildman–Crippen LogP) is 4.64. The summed E-state index contributed by atoms with van der Waals surface area (Å²) >= 11 is 6.91. The number of nitriles is 1. The van der Waals surface area contributed by atoms with Crippen molar-refractivity contribution in [2.75, 3.05) is 0 Å². The summed E-state index contributed by atoms with van der Waals surface area (Å²) in [6.07, 6.45) is 0. The van der Waals surface area contributed by atoms with E-state index in [9.17, 15) is 8.78 Å². The third-order valence-corrected chi connectivity index (χ3v) is 3.63. The van der Waals surface area contributed by atoms with Gasteiger partial charge in [0.1, 0.15) is 17.7 Å². The molecule has 0 saturated heterocycles. The van der Waals surface area contributed by atoms with Crippen molar-refractivity contribution in [1.82, 2.24) is 0 Å². The molecule has 2 aromatic rings. The highest BCUT2D eigenvalue weighted by Crippen LogP contribution is 2.34. The minimum atomic E-state index is -0.663. The summed E-state index contributed by atoms with van der Waals surface area (Å²) in [5, 5.41) is 9.30. The first-order chi connectivity index (χ1) is 8.61. The standard InChI is InChI=1S/C13H6ClF2NS/c14-10-2-1-3-12(9(10)7-17)18-13-5-4-8(15)6-11(13)16/h1-6H. The molecule has 0 saturated carbocycles. The van der Waals surface area contributed by atoms with E-state index in [1.807, 2.05) is 6.07 Å². The number of benzene rings is 2. The van der Waals surface area contributed by atoms with Crippen LogP contribution in [-0.2, 0) is 0 Å². The Bertz CT molecular complexity index is 637. The van der Waals surface area contributed by atoms with Gasteiger partial charge >= 0.3 is 0 Å². The van der Waals surface area contributed by atoms with Gasteiger partial charge in [-0.15, -0.1) is 0 Å². The van der Waals surface area contributed by atoms with Gasteiger partial charge in [0.2, 0.25) is 0 Å². The predicted molar refractivity (Wildman–Crippen MR) is 66.6 cm³/mol. The summed E-state index contributed by atoms with van der Waals surface area (Å²) in [4.78, 5) is 0.783. The van der Waals surface area contributed by atoms with E-state index in [1.165, 1.54) is 12.1 Å². The Balaban J connectivity index is 2.41. The lowest BCUT2D eigenvalue weighted by Gasteiger charge is -2.06. The van der Waals surface area contributed by atoms with Gasteiger partial charge < -0.3 is 0 Å². The van der Waals surface area contributed by atoms with Crippen molar-refractivity contribution in [1.29, 1.82) is 5.26 Å². The highest BCUT2D eigenvalue weighted by molar-refractivity contribution is 7.99. The van der Waals surface area contributed by atoms with E-state index in [4.69, 9.17) is 16.9 Å². The Morgan fingerprint density at radius 3 is 2.56 bits per heavy atom. The zero-order chi connectivity index (χ0) is 13.1. The summed E-state index contributed by atoms with van der Waals surface area (Å²) < 4.78 is 26.3. The maximum absolute atomic E-state index is 13.5. The van der Waals surface area contributed by atoms with E-state index in [0.29, 0.717) is 9.92 Å². The van der Waals surface area contributed by atoms with Crippen LogP contribution in [0, 0.1) is 23.0 Å².